The Balaban J connectivity index is 1.74. The van der Waals surface area contributed by atoms with Crippen molar-refractivity contribution in [2.75, 3.05) is 7.11 Å². The van der Waals surface area contributed by atoms with Crippen molar-refractivity contribution in [2.45, 2.75) is 38.5 Å². The molecule has 3 aliphatic carbocycles. The SMILES string of the molecule is COC(=O)C1CCCC2=C3C=C4C=NN=C4CC3CCC21. The van der Waals surface area contributed by atoms with E-state index < -0.39 is 0 Å². The lowest BCUT2D eigenvalue weighted by molar-refractivity contribution is -0.148. The molecule has 0 radical (unpaired) electrons. The molecule has 4 aliphatic rings. The fraction of sp³-hybridized carbons (Fsp3) is 0.588. The van der Waals surface area contributed by atoms with Crippen molar-refractivity contribution in [1.29, 1.82) is 0 Å². The van der Waals surface area contributed by atoms with E-state index in [2.05, 4.69) is 16.3 Å². The smallest absolute Gasteiger partial charge is 0.309 e. The molecule has 1 fully saturated rings. The van der Waals surface area contributed by atoms with Crippen molar-refractivity contribution in [1.82, 2.24) is 0 Å². The van der Waals surface area contributed by atoms with Crippen molar-refractivity contribution in [3.63, 3.8) is 0 Å². The molecule has 4 heteroatoms. The van der Waals surface area contributed by atoms with E-state index in [1.54, 1.807) is 0 Å². The van der Waals surface area contributed by atoms with Gasteiger partial charge >= 0.3 is 5.97 Å². The van der Waals surface area contributed by atoms with E-state index >= 15 is 0 Å². The molecule has 0 N–H and O–H groups in total. The van der Waals surface area contributed by atoms with Gasteiger partial charge in [-0.3, -0.25) is 4.79 Å². The highest BCUT2D eigenvalue weighted by Crippen LogP contribution is 2.48. The molecular formula is C17H20N2O2. The zero-order valence-corrected chi connectivity index (χ0v) is 12.3. The van der Waals surface area contributed by atoms with E-state index in [1.165, 1.54) is 23.8 Å². The molecule has 0 saturated heterocycles. The lowest BCUT2D eigenvalue weighted by Crippen LogP contribution is -2.35. The summed E-state index contributed by atoms with van der Waals surface area (Å²) < 4.78 is 5.03. The number of methoxy groups -OCH3 is 1. The van der Waals surface area contributed by atoms with Crippen LogP contribution < -0.4 is 0 Å². The highest BCUT2D eigenvalue weighted by molar-refractivity contribution is 6.19. The molecule has 0 aromatic rings. The predicted molar refractivity (Wildman–Crippen MR) is 81.2 cm³/mol. The number of ether oxygens (including phenoxy) is 1. The minimum Gasteiger partial charge on any atom is -0.469 e. The fourth-order valence-corrected chi connectivity index (χ4v) is 4.50. The van der Waals surface area contributed by atoms with Crippen LogP contribution in [-0.4, -0.2) is 25.0 Å². The molecule has 4 nitrogen and oxygen atoms in total. The second kappa shape index (κ2) is 4.93. The van der Waals surface area contributed by atoms with Gasteiger partial charge in [-0.05, 0) is 62.0 Å². The first-order valence-electron chi connectivity index (χ1n) is 7.90. The van der Waals surface area contributed by atoms with Crippen LogP contribution in [-0.2, 0) is 9.53 Å². The van der Waals surface area contributed by atoms with Crippen LogP contribution in [0.3, 0.4) is 0 Å². The topological polar surface area (TPSA) is 51.0 Å². The second-order valence-corrected chi connectivity index (χ2v) is 6.48. The average Bonchev–Trinajstić information content (AvgIpc) is 2.98. The number of esters is 1. The number of carbonyl (C=O) groups excluding carboxylic acids is 1. The molecule has 1 heterocycles. The molecule has 0 bridgehead atoms. The Morgan fingerprint density at radius 2 is 2.24 bits per heavy atom. The number of hydrogen-bond donors (Lipinski definition) is 0. The highest BCUT2D eigenvalue weighted by Gasteiger charge is 2.41. The first-order valence-corrected chi connectivity index (χ1v) is 7.90. The van der Waals surface area contributed by atoms with Gasteiger partial charge in [-0.2, -0.15) is 10.2 Å². The molecule has 1 aliphatic heterocycles. The summed E-state index contributed by atoms with van der Waals surface area (Å²) in [4.78, 5) is 12.1. The Morgan fingerprint density at radius 1 is 1.33 bits per heavy atom. The second-order valence-electron chi connectivity index (χ2n) is 6.48. The van der Waals surface area contributed by atoms with Gasteiger partial charge in [0.25, 0.3) is 0 Å². The molecule has 21 heavy (non-hydrogen) atoms. The van der Waals surface area contributed by atoms with Crippen LogP contribution in [0.5, 0.6) is 0 Å². The van der Waals surface area contributed by atoms with Gasteiger partial charge in [-0.15, -0.1) is 0 Å². The molecule has 3 unspecified atom stereocenters. The maximum Gasteiger partial charge on any atom is 0.309 e. The van der Waals surface area contributed by atoms with E-state index in [-0.39, 0.29) is 11.9 Å². The molecule has 4 rings (SSSR count). The summed E-state index contributed by atoms with van der Waals surface area (Å²) >= 11 is 0. The van der Waals surface area contributed by atoms with Gasteiger partial charge in [0, 0.05) is 5.57 Å². The average molecular weight is 284 g/mol. The van der Waals surface area contributed by atoms with E-state index in [0.717, 1.165) is 44.2 Å². The normalized spacial score (nSPS) is 33.7. The van der Waals surface area contributed by atoms with Gasteiger partial charge in [0.05, 0.1) is 25.0 Å². The van der Waals surface area contributed by atoms with Crippen molar-refractivity contribution in [3.05, 3.63) is 22.8 Å². The van der Waals surface area contributed by atoms with Crippen LogP contribution in [0.15, 0.2) is 33.0 Å². The van der Waals surface area contributed by atoms with Crippen molar-refractivity contribution in [3.8, 4) is 0 Å². The van der Waals surface area contributed by atoms with Crippen molar-refractivity contribution in [2.24, 2.45) is 28.0 Å². The summed E-state index contributed by atoms with van der Waals surface area (Å²) in [6, 6.07) is 0. The highest BCUT2D eigenvalue weighted by atomic mass is 16.5. The van der Waals surface area contributed by atoms with Crippen LogP contribution in [0.4, 0.5) is 0 Å². The lowest BCUT2D eigenvalue weighted by Gasteiger charge is -2.41. The summed E-state index contributed by atoms with van der Waals surface area (Å²) in [5.74, 6) is 1.02. The Bertz CT molecular complexity index is 612. The minimum atomic E-state index is -0.0237. The Morgan fingerprint density at radius 3 is 3.10 bits per heavy atom. The first-order chi connectivity index (χ1) is 10.3. The van der Waals surface area contributed by atoms with E-state index in [9.17, 15) is 4.79 Å². The molecular weight excluding hydrogens is 264 g/mol. The third-order valence-corrected chi connectivity index (χ3v) is 5.49. The third kappa shape index (κ3) is 2.00. The van der Waals surface area contributed by atoms with Crippen molar-refractivity contribution < 1.29 is 9.53 Å². The number of hydrogen-bond acceptors (Lipinski definition) is 4. The van der Waals surface area contributed by atoms with Crippen LogP contribution >= 0.6 is 0 Å². The number of rotatable bonds is 1. The number of allylic oxidation sites excluding steroid dienone is 4. The molecule has 0 aromatic heterocycles. The van der Waals surface area contributed by atoms with Crippen LogP contribution in [0.2, 0.25) is 0 Å². The monoisotopic (exact) mass is 284 g/mol. The largest absolute Gasteiger partial charge is 0.469 e. The van der Waals surface area contributed by atoms with Gasteiger partial charge in [0.1, 0.15) is 0 Å². The lowest BCUT2D eigenvalue weighted by atomic mass is 9.63. The number of fused-ring (bicyclic) bond motifs is 3. The third-order valence-electron chi connectivity index (χ3n) is 5.49. The molecule has 3 atom stereocenters. The summed E-state index contributed by atoms with van der Waals surface area (Å²) in [6.45, 7) is 0. The molecule has 110 valence electrons. The molecule has 0 amide bonds. The van der Waals surface area contributed by atoms with Crippen LogP contribution in [0, 0.1) is 17.8 Å². The van der Waals surface area contributed by atoms with Crippen LogP contribution in [0.25, 0.3) is 0 Å². The van der Waals surface area contributed by atoms with E-state index in [4.69, 9.17) is 4.74 Å². The zero-order valence-electron chi connectivity index (χ0n) is 12.3. The summed E-state index contributed by atoms with van der Waals surface area (Å²) in [5, 5.41) is 8.27. The van der Waals surface area contributed by atoms with Crippen LogP contribution in [0.1, 0.15) is 38.5 Å². The summed E-state index contributed by atoms with van der Waals surface area (Å²) in [5.41, 5.74) is 5.31. The predicted octanol–water partition coefficient (Wildman–Crippen LogP) is 3.05. The number of carbonyl (C=O) groups is 1. The van der Waals surface area contributed by atoms with Gasteiger partial charge in [-0.25, -0.2) is 0 Å². The standard InChI is InChI=1S/C17H20N2O2/c1-21-17(20)14-4-2-3-12-13(14)6-5-10-8-16-11(7-15(10)12)9-18-19-16/h7,9-10,13-14H,2-6,8H2,1H3. The molecule has 1 saturated carbocycles. The fourth-order valence-electron chi connectivity index (χ4n) is 4.50. The number of nitrogens with zero attached hydrogens (tertiary/aromatic N) is 2. The summed E-state index contributed by atoms with van der Waals surface area (Å²) in [7, 11) is 1.51. The van der Waals surface area contributed by atoms with E-state index in [0.29, 0.717) is 11.8 Å². The van der Waals surface area contributed by atoms with E-state index in [1.807, 2.05) is 6.21 Å². The maximum absolute atomic E-state index is 12.1. The quantitative estimate of drug-likeness (QED) is 0.695. The minimum absolute atomic E-state index is 0.0237. The van der Waals surface area contributed by atoms with Crippen molar-refractivity contribution >= 4 is 17.9 Å². The van der Waals surface area contributed by atoms with Gasteiger partial charge < -0.3 is 4.74 Å². The summed E-state index contributed by atoms with van der Waals surface area (Å²) in [6.07, 6.45) is 10.6. The zero-order chi connectivity index (χ0) is 14.4. The van der Waals surface area contributed by atoms with Gasteiger partial charge in [0.15, 0.2) is 0 Å². The Labute approximate surface area is 124 Å². The Kier molecular flexibility index (Phi) is 3.05. The van der Waals surface area contributed by atoms with Gasteiger partial charge in [0.2, 0.25) is 0 Å². The Hall–Kier alpha value is -1.71. The first kappa shape index (κ1) is 13.0. The van der Waals surface area contributed by atoms with Gasteiger partial charge in [-0.1, -0.05) is 5.57 Å². The molecule has 0 spiro atoms. The maximum atomic E-state index is 12.1. The molecule has 0 aromatic carbocycles.